The van der Waals surface area contributed by atoms with Crippen molar-refractivity contribution in [3.8, 4) is 17.2 Å². The number of fused-ring (bicyclic) bond motifs is 1. The van der Waals surface area contributed by atoms with Crippen LogP contribution in [0.5, 0.6) is 17.2 Å². The Morgan fingerprint density at radius 1 is 0.978 bits per heavy atom. The highest BCUT2D eigenvalue weighted by Gasteiger charge is 2.34. The maximum absolute atomic E-state index is 14.0. The number of hydrogen-bond acceptors (Lipinski definition) is 9. The summed E-state index contributed by atoms with van der Waals surface area (Å²) in [4.78, 5) is 43.3. The van der Waals surface area contributed by atoms with Crippen molar-refractivity contribution in [2.75, 3.05) is 20.3 Å². The summed E-state index contributed by atoms with van der Waals surface area (Å²) in [6.45, 7) is 6.19. The molecule has 1 aromatic heterocycles. The van der Waals surface area contributed by atoms with Gasteiger partial charge in [-0.3, -0.25) is 9.36 Å². The summed E-state index contributed by atoms with van der Waals surface area (Å²) in [6.07, 6.45) is 1.78. The summed E-state index contributed by atoms with van der Waals surface area (Å²) < 4.78 is 24.5. The van der Waals surface area contributed by atoms with Crippen LogP contribution in [0.2, 0.25) is 0 Å². The highest BCUT2D eigenvalue weighted by Crippen LogP contribution is 2.36. The van der Waals surface area contributed by atoms with Gasteiger partial charge in [0.05, 0.1) is 47.7 Å². The fourth-order valence-corrected chi connectivity index (χ4v) is 6.01. The number of thiazole rings is 1. The van der Waals surface area contributed by atoms with Crippen molar-refractivity contribution in [3.05, 3.63) is 120 Å². The van der Waals surface area contributed by atoms with Crippen LogP contribution in [0.1, 0.15) is 53.9 Å². The number of rotatable bonds is 11. The minimum Gasteiger partial charge on any atom is -0.493 e. The van der Waals surface area contributed by atoms with Gasteiger partial charge in [0.2, 0.25) is 0 Å². The van der Waals surface area contributed by atoms with Gasteiger partial charge in [-0.1, -0.05) is 41.7 Å². The molecule has 0 saturated carbocycles. The molecule has 5 rings (SSSR count). The van der Waals surface area contributed by atoms with Crippen LogP contribution >= 0.6 is 11.3 Å². The average Bonchev–Trinajstić information content (AvgIpc) is 3.34. The zero-order valence-electron chi connectivity index (χ0n) is 25.2. The number of aromatic carboxylic acids is 1. The van der Waals surface area contributed by atoms with Crippen LogP contribution in [0.3, 0.4) is 0 Å². The fraction of sp³-hybridized carbons (Fsp3) is 0.235. The van der Waals surface area contributed by atoms with Gasteiger partial charge in [0.1, 0.15) is 12.4 Å². The summed E-state index contributed by atoms with van der Waals surface area (Å²) >= 11 is 1.24. The molecule has 0 amide bonds. The first-order chi connectivity index (χ1) is 21.7. The van der Waals surface area contributed by atoms with Gasteiger partial charge in [-0.15, -0.1) is 0 Å². The monoisotopic (exact) mass is 628 g/mol. The summed E-state index contributed by atoms with van der Waals surface area (Å²) in [5, 5.41) is 9.07. The summed E-state index contributed by atoms with van der Waals surface area (Å²) in [5.74, 6) is 0.134. The van der Waals surface area contributed by atoms with Crippen molar-refractivity contribution < 1.29 is 33.6 Å². The molecule has 45 heavy (non-hydrogen) atoms. The third kappa shape index (κ3) is 6.68. The summed E-state index contributed by atoms with van der Waals surface area (Å²) in [7, 11) is 1.55. The predicted molar refractivity (Wildman–Crippen MR) is 169 cm³/mol. The molecule has 0 saturated heterocycles. The molecule has 232 valence electrons. The van der Waals surface area contributed by atoms with E-state index in [0.29, 0.717) is 44.4 Å². The number of allylic oxidation sites excluding steroid dienone is 1. The minimum absolute atomic E-state index is 0.177. The number of aromatic nitrogens is 1. The van der Waals surface area contributed by atoms with E-state index >= 15 is 0 Å². The number of nitrogens with zero attached hydrogens (tertiary/aromatic N) is 2. The Labute approximate surface area is 263 Å². The molecule has 0 bridgehead atoms. The molecule has 1 N–H and O–H groups in total. The number of methoxy groups -OCH3 is 1. The predicted octanol–water partition coefficient (Wildman–Crippen LogP) is 4.48. The number of esters is 1. The third-order valence-corrected chi connectivity index (χ3v) is 8.09. The van der Waals surface area contributed by atoms with Gasteiger partial charge in [0.15, 0.2) is 16.3 Å². The van der Waals surface area contributed by atoms with E-state index in [1.165, 1.54) is 28.0 Å². The van der Waals surface area contributed by atoms with E-state index in [4.69, 9.17) is 24.1 Å². The minimum atomic E-state index is -0.980. The quantitative estimate of drug-likeness (QED) is 0.241. The van der Waals surface area contributed by atoms with Gasteiger partial charge < -0.3 is 24.1 Å². The van der Waals surface area contributed by atoms with E-state index in [9.17, 15) is 14.4 Å². The van der Waals surface area contributed by atoms with Crippen molar-refractivity contribution in [1.82, 2.24) is 4.57 Å². The number of ether oxygens (including phenoxy) is 4. The topological polar surface area (TPSA) is 126 Å². The summed E-state index contributed by atoms with van der Waals surface area (Å²) in [6, 6.07) is 18.3. The molecule has 11 heteroatoms. The van der Waals surface area contributed by atoms with E-state index in [1.807, 2.05) is 19.1 Å². The van der Waals surface area contributed by atoms with Crippen LogP contribution in [0.4, 0.5) is 0 Å². The van der Waals surface area contributed by atoms with Crippen LogP contribution in [-0.4, -0.2) is 41.9 Å². The molecule has 0 spiro atoms. The SMILES string of the molecule is CCOC(=O)C1=C(C)N=c2s/c(=C/c3ccc(OCc4ccc(C(=O)O)cc4)cc3)c(=O)n2[C@H]1c1ccc(OC)c(OCC)c1. The Kier molecular flexibility index (Phi) is 9.48. The van der Waals surface area contributed by atoms with Crippen LogP contribution in [0, 0.1) is 0 Å². The van der Waals surface area contributed by atoms with Gasteiger partial charge in [0, 0.05) is 0 Å². The Morgan fingerprint density at radius 2 is 1.71 bits per heavy atom. The van der Waals surface area contributed by atoms with Crippen molar-refractivity contribution in [3.63, 3.8) is 0 Å². The molecule has 1 aliphatic heterocycles. The lowest BCUT2D eigenvalue weighted by Gasteiger charge is -2.25. The van der Waals surface area contributed by atoms with E-state index in [1.54, 1.807) is 69.5 Å². The first-order valence-electron chi connectivity index (χ1n) is 14.3. The number of hydrogen-bond donors (Lipinski definition) is 1. The van der Waals surface area contributed by atoms with Crippen molar-refractivity contribution in [2.45, 2.75) is 33.4 Å². The lowest BCUT2D eigenvalue weighted by molar-refractivity contribution is -0.139. The molecule has 0 aliphatic carbocycles. The Morgan fingerprint density at radius 3 is 2.36 bits per heavy atom. The Balaban J connectivity index is 1.48. The molecule has 1 atom stereocenters. The zero-order chi connectivity index (χ0) is 32.1. The van der Waals surface area contributed by atoms with Crippen molar-refractivity contribution >= 4 is 29.4 Å². The number of carbonyl (C=O) groups excluding carboxylic acids is 1. The number of carboxylic acids is 1. The van der Waals surface area contributed by atoms with Crippen molar-refractivity contribution in [1.29, 1.82) is 0 Å². The largest absolute Gasteiger partial charge is 0.493 e. The molecular formula is C34H32N2O8S. The van der Waals surface area contributed by atoms with Crippen LogP contribution < -0.4 is 29.1 Å². The van der Waals surface area contributed by atoms with E-state index in [2.05, 4.69) is 4.99 Å². The molecule has 0 unspecified atom stereocenters. The molecule has 0 radical (unpaired) electrons. The lowest BCUT2D eigenvalue weighted by atomic mass is 9.95. The van der Waals surface area contributed by atoms with Crippen molar-refractivity contribution in [2.24, 2.45) is 4.99 Å². The molecule has 0 fully saturated rings. The van der Waals surface area contributed by atoms with Gasteiger partial charge >= 0.3 is 11.9 Å². The van der Waals surface area contributed by atoms with E-state index in [0.717, 1.165) is 11.1 Å². The van der Waals surface area contributed by atoms with Gasteiger partial charge in [-0.2, -0.15) is 0 Å². The van der Waals surface area contributed by atoms with Crippen LogP contribution in [-0.2, 0) is 16.1 Å². The van der Waals surface area contributed by atoms with Crippen LogP contribution in [0.15, 0.2) is 87.8 Å². The second-order valence-corrected chi connectivity index (χ2v) is 11.0. The Hall–Kier alpha value is -5.16. The molecule has 1 aliphatic rings. The van der Waals surface area contributed by atoms with E-state index < -0.39 is 18.0 Å². The van der Waals surface area contributed by atoms with Gasteiger partial charge in [0.25, 0.3) is 5.56 Å². The molecule has 4 aromatic rings. The number of carbonyl (C=O) groups is 2. The number of benzene rings is 3. The first-order valence-corrected chi connectivity index (χ1v) is 15.1. The maximum Gasteiger partial charge on any atom is 0.338 e. The normalized spacial score (nSPS) is 14.4. The highest BCUT2D eigenvalue weighted by atomic mass is 32.1. The van der Waals surface area contributed by atoms with Gasteiger partial charge in [-0.25, -0.2) is 14.6 Å². The fourth-order valence-electron chi connectivity index (χ4n) is 4.96. The molecule has 2 heterocycles. The van der Waals surface area contributed by atoms with E-state index in [-0.39, 0.29) is 29.9 Å². The smallest absolute Gasteiger partial charge is 0.338 e. The average molecular weight is 629 g/mol. The second kappa shape index (κ2) is 13.6. The number of carboxylic acid groups (broad SMARTS) is 1. The first kappa shape index (κ1) is 31.3. The zero-order valence-corrected chi connectivity index (χ0v) is 26.1. The lowest BCUT2D eigenvalue weighted by Crippen LogP contribution is -2.40. The highest BCUT2D eigenvalue weighted by molar-refractivity contribution is 7.07. The second-order valence-electron chi connectivity index (χ2n) is 10.0. The third-order valence-electron chi connectivity index (χ3n) is 7.10. The standard InChI is InChI=1S/C34H32N2O8S/c1-5-42-27-18-24(13-16-26(27)41-4)30-29(33(40)43-6-2)20(3)35-34-36(30)31(37)28(45-34)17-21-9-14-25(15-10-21)44-19-22-7-11-23(12-8-22)32(38)39/h7-18,30H,5-6,19H2,1-4H3,(H,38,39)/b28-17+/t30-/m0/s1. The maximum atomic E-state index is 14.0. The van der Waals surface area contributed by atoms with Crippen LogP contribution in [0.25, 0.3) is 6.08 Å². The molecule has 3 aromatic carbocycles. The molecule has 10 nitrogen and oxygen atoms in total. The van der Waals surface area contributed by atoms with Gasteiger partial charge in [-0.05, 0) is 79.9 Å². The Bertz CT molecular complexity index is 1940. The summed E-state index contributed by atoms with van der Waals surface area (Å²) in [5.41, 5.74) is 2.94. The molecular weight excluding hydrogens is 596 g/mol.